The zero-order valence-electron chi connectivity index (χ0n) is 11.6. The van der Waals surface area contributed by atoms with Crippen LogP contribution in [0.15, 0.2) is 35.3 Å². The zero-order valence-corrected chi connectivity index (χ0v) is 11.6. The monoisotopic (exact) mass is 271 g/mol. The molecule has 1 aromatic carbocycles. The molecule has 0 aliphatic heterocycles. The van der Waals surface area contributed by atoms with Gasteiger partial charge in [-0.25, -0.2) is 0 Å². The van der Waals surface area contributed by atoms with Gasteiger partial charge in [0.05, 0.1) is 0 Å². The molecule has 0 radical (unpaired) electrons. The molecule has 1 aliphatic rings. The molecule has 106 valence electrons. The molecule has 0 amide bonds. The molecule has 1 aliphatic carbocycles. The van der Waals surface area contributed by atoms with Crippen LogP contribution in [0.3, 0.4) is 0 Å². The van der Waals surface area contributed by atoms with Gasteiger partial charge < -0.3 is 9.99 Å². The van der Waals surface area contributed by atoms with Gasteiger partial charge in [-0.1, -0.05) is 19.3 Å². The van der Waals surface area contributed by atoms with Gasteiger partial charge >= 0.3 is 0 Å². The van der Waals surface area contributed by atoms with Crippen molar-refractivity contribution in [3.05, 3.63) is 40.8 Å². The van der Waals surface area contributed by atoms with Gasteiger partial charge in [-0.15, -0.1) is 0 Å². The lowest BCUT2D eigenvalue weighted by Crippen LogP contribution is -2.24. The molecule has 3 rings (SSSR count). The van der Waals surface area contributed by atoms with E-state index in [1.165, 1.54) is 32.1 Å². The molecule has 0 spiro atoms. The number of nitrogen functional groups attached to an aromatic ring is 1. The number of anilines is 1. The van der Waals surface area contributed by atoms with E-state index in [0.29, 0.717) is 5.92 Å². The maximum atomic E-state index is 12.5. The average molecular weight is 271 g/mol. The van der Waals surface area contributed by atoms with E-state index in [1.807, 2.05) is 35.0 Å². The third kappa shape index (κ3) is 2.56. The zero-order chi connectivity index (χ0) is 13.9. The van der Waals surface area contributed by atoms with E-state index in [0.717, 1.165) is 23.0 Å². The molecule has 0 bridgehead atoms. The van der Waals surface area contributed by atoms with Crippen LogP contribution in [0.2, 0.25) is 0 Å². The maximum absolute atomic E-state index is 12.5. The second kappa shape index (κ2) is 5.67. The largest absolute Gasteiger partial charge is 0.324 e. The Morgan fingerprint density at radius 3 is 2.75 bits per heavy atom. The number of hydrogen-bond donors (Lipinski definition) is 2. The number of rotatable bonds is 3. The van der Waals surface area contributed by atoms with Crippen LogP contribution in [0, 0.1) is 5.92 Å². The number of hydrogen-bond acceptors (Lipinski definition) is 3. The van der Waals surface area contributed by atoms with Crippen molar-refractivity contribution in [3.63, 3.8) is 0 Å². The van der Waals surface area contributed by atoms with Crippen LogP contribution in [-0.4, -0.2) is 4.57 Å². The Bertz CT molecular complexity index is 656. The fourth-order valence-electron chi connectivity index (χ4n) is 3.17. The highest BCUT2D eigenvalue weighted by Gasteiger charge is 2.15. The number of nitrogens with zero attached hydrogens (tertiary/aromatic N) is 1. The summed E-state index contributed by atoms with van der Waals surface area (Å²) in [5.41, 5.74) is 3.54. The standard InChI is InChI=1S/C16H21N3O/c17-18-14-6-7-15-13(10-14)8-9-19(16(15)20)11-12-4-2-1-3-5-12/h6-10,12,18H,1-5,11,17H2. The summed E-state index contributed by atoms with van der Waals surface area (Å²) in [7, 11) is 0. The van der Waals surface area contributed by atoms with E-state index < -0.39 is 0 Å². The summed E-state index contributed by atoms with van der Waals surface area (Å²) in [6, 6.07) is 7.60. The van der Waals surface area contributed by atoms with E-state index in [-0.39, 0.29) is 5.56 Å². The van der Waals surface area contributed by atoms with Crippen LogP contribution in [0.1, 0.15) is 32.1 Å². The molecule has 0 unspecified atom stereocenters. The highest BCUT2D eigenvalue weighted by atomic mass is 16.1. The average Bonchev–Trinajstić information content (AvgIpc) is 2.51. The Balaban J connectivity index is 1.92. The summed E-state index contributed by atoms with van der Waals surface area (Å²) >= 11 is 0. The Labute approximate surface area is 118 Å². The molecular formula is C16H21N3O. The van der Waals surface area contributed by atoms with Crippen molar-refractivity contribution in [1.29, 1.82) is 0 Å². The molecule has 4 heteroatoms. The Morgan fingerprint density at radius 1 is 1.20 bits per heavy atom. The van der Waals surface area contributed by atoms with Gasteiger partial charge in [0.15, 0.2) is 0 Å². The molecular weight excluding hydrogens is 250 g/mol. The lowest BCUT2D eigenvalue weighted by atomic mass is 9.89. The minimum Gasteiger partial charge on any atom is -0.324 e. The quantitative estimate of drug-likeness (QED) is 0.666. The molecule has 0 atom stereocenters. The summed E-state index contributed by atoms with van der Waals surface area (Å²) in [6.45, 7) is 0.853. The van der Waals surface area contributed by atoms with Crippen LogP contribution in [0.25, 0.3) is 10.8 Å². The molecule has 20 heavy (non-hydrogen) atoms. The third-order valence-corrected chi connectivity index (χ3v) is 4.32. The molecule has 1 aromatic heterocycles. The van der Waals surface area contributed by atoms with E-state index in [9.17, 15) is 4.79 Å². The van der Waals surface area contributed by atoms with Crippen LogP contribution < -0.4 is 16.8 Å². The minimum atomic E-state index is 0.108. The number of aromatic nitrogens is 1. The molecule has 1 fully saturated rings. The Morgan fingerprint density at radius 2 is 2.00 bits per heavy atom. The molecule has 2 aromatic rings. The third-order valence-electron chi connectivity index (χ3n) is 4.32. The van der Waals surface area contributed by atoms with Crippen molar-refractivity contribution in [2.45, 2.75) is 38.6 Å². The fraction of sp³-hybridized carbons (Fsp3) is 0.438. The Kier molecular flexibility index (Phi) is 3.74. The first-order valence-corrected chi connectivity index (χ1v) is 7.38. The summed E-state index contributed by atoms with van der Waals surface area (Å²) in [5, 5.41) is 1.70. The lowest BCUT2D eigenvalue weighted by Gasteiger charge is -2.22. The normalized spacial score (nSPS) is 16.4. The number of nitrogens with one attached hydrogen (secondary N) is 1. The van der Waals surface area contributed by atoms with E-state index >= 15 is 0 Å². The fourth-order valence-corrected chi connectivity index (χ4v) is 3.17. The first-order valence-electron chi connectivity index (χ1n) is 7.38. The van der Waals surface area contributed by atoms with E-state index in [2.05, 4.69) is 5.43 Å². The van der Waals surface area contributed by atoms with Gasteiger partial charge in [0, 0.05) is 23.8 Å². The highest BCUT2D eigenvalue weighted by molar-refractivity contribution is 5.84. The SMILES string of the molecule is NNc1ccc2c(=O)n(CC3CCCCC3)ccc2c1. The molecule has 0 saturated heterocycles. The summed E-state index contributed by atoms with van der Waals surface area (Å²) in [4.78, 5) is 12.5. The van der Waals surface area contributed by atoms with Crippen LogP contribution >= 0.6 is 0 Å². The number of fused-ring (bicyclic) bond motifs is 1. The summed E-state index contributed by atoms with van der Waals surface area (Å²) in [5.74, 6) is 6.06. The smallest absolute Gasteiger partial charge is 0.258 e. The predicted octanol–water partition coefficient (Wildman–Crippen LogP) is 2.87. The Hall–Kier alpha value is -1.81. The number of benzene rings is 1. The van der Waals surface area contributed by atoms with Gasteiger partial charge in [-0.05, 0) is 48.4 Å². The van der Waals surface area contributed by atoms with Crippen molar-refractivity contribution in [1.82, 2.24) is 4.57 Å². The van der Waals surface area contributed by atoms with Crippen LogP contribution in [0.4, 0.5) is 5.69 Å². The van der Waals surface area contributed by atoms with Gasteiger partial charge in [-0.3, -0.25) is 10.6 Å². The molecule has 4 nitrogen and oxygen atoms in total. The molecule has 1 heterocycles. The van der Waals surface area contributed by atoms with E-state index in [1.54, 1.807) is 0 Å². The summed E-state index contributed by atoms with van der Waals surface area (Å²) < 4.78 is 1.87. The van der Waals surface area contributed by atoms with Gasteiger partial charge in [0.1, 0.15) is 0 Å². The number of pyridine rings is 1. The first-order chi connectivity index (χ1) is 9.78. The minimum absolute atomic E-state index is 0.108. The predicted molar refractivity (Wildman–Crippen MR) is 82.6 cm³/mol. The molecule has 1 saturated carbocycles. The molecule has 3 N–H and O–H groups in total. The van der Waals surface area contributed by atoms with Crippen molar-refractivity contribution in [2.75, 3.05) is 5.43 Å². The topological polar surface area (TPSA) is 60.0 Å². The summed E-state index contributed by atoms with van der Waals surface area (Å²) in [6.07, 6.45) is 8.37. The first kappa shape index (κ1) is 13.2. The van der Waals surface area contributed by atoms with Gasteiger partial charge in [-0.2, -0.15) is 0 Å². The van der Waals surface area contributed by atoms with Crippen molar-refractivity contribution in [3.8, 4) is 0 Å². The van der Waals surface area contributed by atoms with Gasteiger partial charge in [0.25, 0.3) is 5.56 Å². The lowest BCUT2D eigenvalue weighted by molar-refractivity contribution is 0.316. The van der Waals surface area contributed by atoms with Crippen molar-refractivity contribution >= 4 is 16.5 Å². The van der Waals surface area contributed by atoms with Crippen LogP contribution in [-0.2, 0) is 6.54 Å². The maximum Gasteiger partial charge on any atom is 0.258 e. The second-order valence-corrected chi connectivity index (χ2v) is 5.72. The van der Waals surface area contributed by atoms with Crippen molar-refractivity contribution in [2.24, 2.45) is 11.8 Å². The number of hydrazine groups is 1. The van der Waals surface area contributed by atoms with Gasteiger partial charge in [0.2, 0.25) is 0 Å². The van der Waals surface area contributed by atoms with Crippen molar-refractivity contribution < 1.29 is 0 Å². The second-order valence-electron chi connectivity index (χ2n) is 5.72. The highest BCUT2D eigenvalue weighted by Crippen LogP contribution is 2.25. The number of nitrogens with two attached hydrogens (primary N) is 1. The van der Waals surface area contributed by atoms with E-state index in [4.69, 9.17) is 5.84 Å². The van der Waals surface area contributed by atoms with Crippen LogP contribution in [0.5, 0.6) is 0 Å².